The van der Waals surface area contributed by atoms with E-state index in [-0.39, 0.29) is 17.2 Å². The lowest BCUT2D eigenvalue weighted by molar-refractivity contribution is 0.0875. The van der Waals surface area contributed by atoms with E-state index in [1.807, 2.05) is 13.8 Å². The van der Waals surface area contributed by atoms with Gasteiger partial charge in [-0.05, 0) is 20.3 Å². The van der Waals surface area contributed by atoms with E-state index in [4.69, 9.17) is 4.52 Å². The first-order valence-electron chi connectivity index (χ1n) is 4.82. The van der Waals surface area contributed by atoms with Crippen LogP contribution in [0.5, 0.6) is 0 Å². The Kier molecular flexibility index (Phi) is 3.90. The number of aryl methyl sites for hydroxylation is 1. The Morgan fingerprint density at radius 2 is 2.40 bits per heavy atom. The van der Waals surface area contributed by atoms with Gasteiger partial charge in [0.1, 0.15) is 0 Å². The van der Waals surface area contributed by atoms with E-state index in [9.17, 15) is 4.79 Å². The van der Waals surface area contributed by atoms with Crippen molar-refractivity contribution in [3.63, 3.8) is 0 Å². The molecule has 0 aromatic carbocycles. The molecule has 0 aliphatic heterocycles. The second-order valence-electron chi connectivity index (χ2n) is 3.83. The van der Waals surface area contributed by atoms with E-state index in [0.717, 1.165) is 6.42 Å². The van der Waals surface area contributed by atoms with Crippen molar-refractivity contribution in [2.24, 2.45) is 0 Å². The molecule has 1 unspecified atom stereocenters. The number of halogens is 1. The van der Waals surface area contributed by atoms with Gasteiger partial charge in [-0.1, -0.05) is 28.0 Å². The zero-order valence-corrected chi connectivity index (χ0v) is 10.7. The third kappa shape index (κ3) is 3.06. The van der Waals surface area contributed by atoms with Crippen molar-refractivity contribution >= 4 is 21.8 Å². The molecule has 0 saturated carbocycles. The van der Waals surface area contributed by atoms with Crippen LogP contribution in [0.15, 0.2) is 10.6 Å². The van der Waals surface area contributed by atoms with Crippen molar-refractivity contribution < 1.29 is 9.32 Å². The maximum Gasteiger partial charge on any atom is 0.290 e. The van der Waals surface area contributed by atoms with Crippen LogP contribution in [0.4, 0.5) is 0 Å². The Morgan fingerprint density at radius 3 is 2.80 bits per heavy atom. The topological polar surface area (TPSA) is 55.1 Å². The minimum Gasteiger partial charge on any atom is -0.351 e. The minimum absolute atomic E-state index is 0.223. The largest absolute Gasteiger partial charge is 0.351 e. The van der Waals surface area contributed by atoms with Gasteiger partial charge in [-0.15, -0.1) is 0 Å². The Balaban J connectivity index is 2.71. The lowest BCUT2D eigenvalue weighted by Crippen LogP contribution is -2.46. The van der Waals surface area contributed by atoms with Crippen molar-refractivity contribution in [1.82, 2.24) is 10.5 Å². The fraction of sp³-hybridized carbons (Fsp3) is 0.600. The summed E-state index contributed by atoms with van der Waals surface area (Å²) in [6.45, 7) is 5.78. The van der Waals surface area contributed by atoms with Crippen LogP contribution in [0, 0.1) is 6.92 Å². The van der Waals surface area contributed by atoms with Crippen LogP contribution < -0.4 is 5.32 Å². The van der Waals surface area contributed by atoms with Gasteiger partial charge in [0.05, 0.1) is 5.69 Å². The minimum atomic E-state index is -0.252. The number of amides is 1. The average Bonchev–Trinajstić information content (AvgIpc) is 2.65. The molecule has 1 aromatic rings. The highest BCUT2D eigenvalue weighted by Gasteiger charge is 2.25. The van der Waals surface area contributed by atoms with E-state index >= 15 is 0 Å². The number of carbonyl (C=O) groups excluding carboxylic acids is 1. The SMILES string of the molecule is CCC(C)(CBr)NC(=O)c1cc(C)no1. The van der Waals surface area contributed by atoms with Crippen molar-refractivity contribution in [2.45, 2.75) is 32.7 Å². The predicted molar refractivity (Wildman–Crippen MR) is 61.2 cm³/mol. The van der Waals surface area contributed by atoms with Crippen molar-refractivity contribution in [3.8, 4) is 0 Å². The molecule has 0 bridgehead atoms. The highest BCUT2D eigenvalue weighted by molar-refractivity contribution is 9.09. The molecular formula is C10H15BrN2O2. The lowest BCUT2D eigenvalue weighted by atomic mass is 10.0. The van der Waals surface area contributed by atoms with E-state index < -0.39 is 0 Å². The highest BCUT2D eigenvalue weighted by atomic mass is 79.9. The quantitative estimate of drug-likeness (QED) is 0.858. The lowest BCUT2D eigenvalue weighted by Gasteiger charge is -2.26. The molecule has 15 heavy (non-hydrogen) atoms. The molecule has 0 aliphatic rings. The highest BCUT2D eigenvalue weighted by Crippen LogP contribution is 2.14. The van der Waals surface area contributed by atoms with Gasteiger partial charge in [0, 0.05) is 16.9 Å². The Morgan fingerprint density at radius 1 is 1.73 bits per heavy atom. The summed E-state index contributed by atoms with van der Waals surface area (Å²) >= 11 is 3.38. The van der Waals surface area contributed by atoms with Crippen LogP contribution in [0.2, 0.25) is 0 Å². The summed E-state index contributed by atoms with van der Waals surface area (Å²) in [6, 6.07) is 1.62. The monoisotopic (exact) mass is 274 g/mol. The average molecular weight is 275 g/mol. The standard InChI is InChI=1S/C10H15BrN2O2/c1-4-10(3,6-11)12-9(14)8-5-7(2)13-15-8/h5H,4,6H2,1-3H3,(H,12,14). The normalized spacial score (nSPS) is 14.7. The molecule has 1 atom stereocenters. The molecule has 84 valence electrons. The fourth-order valence-corrected chi connectivity index (χ4v) is 1.56. The van der Waals surface area contributed by atoms with Gasteiger partial charge >= 0.3 is 0 Å². The number of aromatic nitrogens is 1. The van der Waals surface area contributed by atoms with Crippen LogP contribution in [0.1, 0.15) is 36.5 Å². The Bertz CT molecular complexity index is 345. The van der Waals surface area contributed by atoms with Gasteiger partial charge in [-0.3, -0.25) is 4.79 Å². The Labute approximate surface area is 97.5 Å². The molecule has 1 amide bonds. The first-order valence-corrected chi connectivity index (χ1v) is 5.94. The van der Waals surface area contributed by atoms with Crippen molar-refractivity contribution in [2.75, 3.05) is 5.33 Å². The van der Waals surface area contributed by atoms with E-state index in [2.05, 4.69) is 26.4 Å². The number of hydrogen-bond donors (Lipinski definition) is 1. The first-order chi connectivity index (χ1) is 7.00. The second-order valence-corrected chi connectivity index (χ2v) is 4.40. The van der Waals surface area contributed by atoms with Crippen LogP contribution in [-0.2, 0) is 0 Å². The van der Waals surface area contributed by atoms with Crippen LogP contribution in [-0.4, -0.2) is 21.9 Å². The smallest absolute Gasteiger partial charge is 0.290 e. The summed E-state index contributed by atoms with van der Waals surface area (Å²) in [4.78, 5) is 11.7. The number of nitrogens with one attached hydrogen (secondary N) is 1. The second kappa shape index (κ2) is 4.79. The molecule has 0 radical (unpaired) electrons. The molecule has 1 heterocycles. The summed E-state index contributed by atoms with van der Waals surface area (Å²) in [5.41, 5.74) is 0.454. The summed E-state index contributed by atoms with van der Waals surface area (Å²) in [6.07, 6.45) is 0.844. The van der Waals surface area contributed by atoms with Crippen molar-refractivity contribution in [1.29, 1.82) is 0 Å². The van der Waals surface area contributed by atoms with Crippen molar-refractivity contribution in [3.05, 3.63) is 17.5 Å². The maximum atomic E-state index is 11.7. The fourth-order valence-electron chi connectivity index (χ4n) is 1.02. The van der Waals surface area contributed by atoms with E-state index in [1.54, 1.807) is 13.0 Å². The van der Waals surface area contributed by atoms with Crippen LogP contribution in [0.3, 0.4) is 0 Å². The molecule has 0 fully saturated rings. The number of hydrogen-bond acceptors (Lipinski definition) is 3. The first kappa shape index (κ1) is 12.2. The molecule has 0 spiro atoms. The van der Waals surface area contributed by atoms with Gasteiger partial charge in [0.2, 0.25) is 5.76 Å². The van der Waals surface area contributed by atoms with Gasteiger partial charge in [0.25, 0.3) is 5.91 Å². The summed E-state index contributed by atoms with van der Waals surface area (Å²) in [5, 5.41) is 7.28. The third-order valence-electron chi connectivity index (χ3n) is 2.34. The van der Waals surface area contributed by atoms with Crippen LogP contribution in [0.25, 0.3) is 0 Å². The predicted octanol–water partition coefficient (Wildman–Crippen LogP) is 2.28. The summed E-state index contributed by atoms with van der Waals surface area (Å²) < 4.78 is 4.88. The number of nitrogens with zero attached hydrogens (tertiary/aromatic N) is 1. The molecule has 0 aliphatic carbocycles. The molecular weight excluding hydrogens is 260 g/mol. The molecule has 5 heteroatoms. The Hall–Kier alpha value is -0.840. The van der Waals surface area contributed by atoms with Gasteiger partial charge in [0.15, 0.2) is 0 Å². The summed E-state index contributed by atoms with van der Waals surface area (Å²) in [5.74, 6) is 0.0347. The van der Waals surface area contributed by atoms with Crippen LogP contribution >= 0.6 is 15.9 Å². The molecule has 1 aromatic heterocycles. The van der Waals surface area contributed by atoms with Gasteiger partial charge in [-0.25, -0.2) is 0 Å². The maximum absolute atomic E-state index is 11.7. The number of alkyl halides is 1. The zero-order valence-electron chi connectivity index (χ0n) is 9.13. The van der Waals surface area contributed by atoms with Gasteiger partial charge < -0.3 is 9.84 Å². The summed E-state index contributed by atoms with van der Waals surface area (Å²) in [7, 11) is 0. The van der Waals surface area contributed by atoms with E-state index in [1.165, 1.54) is 0 Å². The molecule has 4 nitrogen and oxygen atoms in total. The van der Waals surface area contributed by atoms with E-state index in [0.29, 0.717) is 11.0 Å². The molecule has 1 N–H and O–H groups in total. The number of rotatable bonds is 4. The van der Waals surface area contributed by atoms with Gasteiger partial charge in [-0.2, -0.15) is 0 Å². The third-order valence-corrected chi connectivity index (χ3v) is 3.58. The number of carbonyl (C=O) groups is 1. The molecule has 1 rings (SSSR count). The zero-order chi connectivity index (χ0) is 11.5. The molecule has 0 saturated heterocycles.